The molecule has 110 valence electrons. The summed E-state index contributed by atoms with van der Waals surface area (Å²) in [5.41, 5.74) is 3.24. The van der Waals surface area contributed by atoms with Crippen molar-refractivity contribution in [2.24, 2.45) is 0 Å². The number of aryl methyl sites for hydroxylation is 3. The van der Waals surface area contributed by atoms with Gasteiger partial charge >= 0.3 is 12.0 Å². The molecule has 0 radical (unpaired) electrons. The van der Waals surface area contributed by atoms with E-state index in [0.717, 1.165) is 5.69 Å². The fraction of sp³-hybridized carbons (Fsp3) is 0.214. The third-order valence-electron chi connectivity index (χ3n) is 3.09. The van der Waals surface area contributed by atoms with E-state index < -0.39 is 12.0 Å². The summed E-state index contributed by atoms with van der Waals surface area (Å²) in [6, 6.07) is 4.26. The molecule has 7 nitrogen and oxygen atoms in total. The molecule has 7 heteroatoms. The Morgan fingerprint density at radius 1 is 1.19 bits per heavy atom. The van der Waals surface area contributed by atoms with Crippen LogP contribution in [0.3, 0.4) is 0 Å². The molecule has 1 heterocycles. The number of hydrogen-bond donors (Lipinski definition) is 4. The summed E-state index contributed by atoms with van der Waals surface area (Å²) in [5, 5.41) is 21.1. The zero-order valence-electron chi connectivity index (χ0n) is 11.9. The Morgan fingerprint density at radius 3 is 2.48 bits per heavy atom. The monoisotopic (exact) mass is 288 g/mol. The van der Waals surface area contributed by atoms with Crippen LogP contribution in [0.1, 0.15) is 27.3 Å². The molecule has 0 aliphatic rings. The van der Waals surface area contributed by atoms with Gasteiger partial charge in [-0.25, -0.2) is 9.59 Å². The van der Waals surface area contributed by atoms with Gasteiger partial charge in [0.05, 0.1) is 22.6 Å². The van der Waals surface area contributed by atoms with Crippen LogP contribution in [0.5, 0.6) is 0 Å². The Morgan fingerprint density at radius 2 is 1.90 bits per heavy atom. The number of carboxylic acids is 1. The molecular weight excluding hydrogens is 272 g/mol. The molecule has 21 heavy (non-hydrogen) atoms. The summed E-state index contributed by atoms with van der Waals surface area (Å²) in [5.74, 6) is -1.03. The number of hydrogen-bond acceptors (Lipinski definition) is 3. The van der Waals surface area contributed by atoms with Crippen LogP contribution in [0.2, 0.25) is 0 Å². The minimum atomic E-state index is -1.03. The lowest BCUT2D eigenvalue weighted by atomic mass is 10.1. The van der Waals surface area contributed by atoms with E-state index in [1.165, 1.54) is 6.07 Å². The molecule has 0 saturated carbocycles. The molecule has 0 atom stereocenters. The number of anilines is 2. The fourth-order valence-electron chi connectivity index (χ4n) is 1.94. The lowest BCUT2D eigenvalue weighted by Crippen LogP contribution is -2.20. The topological polar surface area (TPSA) is 107 Å². The largest absolute Gasteiger partial charge is 0.478 e. The van der Waals surface area contributed by atoms with Gasteiger partial charge in [-0.3, -0.25) is 5.10 Å². The smallest absolute Gasteiger partial charge is 0.336 e. The molecule has 2 amide bonds. The zero-order valence-corrected chi connectivity index (χ0v) is 11.9. The lowest BCUT2D eigenvalue weighted by Gasteiger charge is -2.09. The number of carbonyl (C=O) groups is 2. The first-order valence-corrected chi connectivity index (χ1v) is 6.32. The van der Waals surface area contributed by atoms with Crippen molar-refractivity contribution in [3.63, 3.8) is 0 Å². The van der Waals surface area contributed by atoms with E-state index in [1.54, 1.807) is 32.9 Å². The molecule has 1 aromatic heterocycles. The average molecular weight is 288 g/mol. The van der Waals surface area contributed by atoms with Gasteiger partial charge in [0.25, 0.3) is 0 Å². The van der Waals surface area contributed by atoms with Crippen molar-refractivity contribution < 1.29 is 14.7 Å². The molecule has 0 aliphatic heterocycles. The first-order valence-electron chi connectivity index (χ1n) is 6.32. The second-order valence-electron chi connectivity index (χ2n) is 4.72. The molecule has 0 bridgehead atoms. The third kappa shape index (κ3) is 3.19. The summed E-state index contributed by atoms with van der Waals surface area (Å²) < 4.78 is 0. The van der Waals surface area contributed by atoms with Crippen LogP contribution in [0.25, 0.3) is 0 Å². The molecule has 2 rings (SSSR count). The Kier molecular flexibility index (Phi) is 3.93. The number of amides is 2. The number of benzene rings is 1. The van der Waals surface area contributed by atoms with Gasteiger partial charge in [0.2, 0.25) is 0 Å². The molecule has 1 aromatic carbocycles. The molecule has 0 aliphatic carbocycles. The van der Waals surface area contributed by atoms with Crippen LogP contribution in [0.4, 0.5) is 16.2 Å². The van der Waals surface area contributed by atoms with Crippen molar-refractivity contribution in [1.29, 1.82) is 0 Å². The lowest BCUT2D eigenvalue weighted by molar-refractivity contribution is 0.0696. The fourth-order valence-corrected chi connectivity index (χ4v) is 1.94. The molecule has 0 fully saturated rings. The van der Waals surface area contributed by atoms with E-state index in [2.05, 4.69) is 20.8 Å². The van der Waals surface area contributed by atoms with Crippen LogP contribution in [-0.4, -0.2) is 27.3 Å². The number of urea groups is 1. The van der Waals surface area contributed by atoms with E-state index in [9.17, 15) is 9.59 Å². The normalized spacial score (nSPS) is 10.2. The summed E-state index contributed by atoms with van der Waals surface area (Å²) in [7, 11) is 0. The average Bonchev–Trinajstić information content (AvgIpc) is 2.72. The minimum absolute atomic E-state index is 0.156. The summed E-state index contributed by atoms with van der Waals surface area (Å²) in [4.78, 5) is 23.0. The quantitative estimate of drug-likeness (QED) is 0.696. The van der Waals surface area contributed by atoms with Crippen LogP contribution in [0, 0.1) is 20.8 Å². The third-order valence-corrected chi connectivity index (χ3v) is 3.09. The highest BCUT2D eigenvalue weighted by Crippen LogP contribution is 2.18. The van der Waals surface area contributed by atoms with Gasteiger partial charge in [-0.15, -0.1) is 0 Å². The van der Waals surface area contributed by atoms with Crippen LogP contribution < -0.4 is 10.6 Å². The van der Waals surface area contributed by atoms with E-state index in [4.69, 9.17) is 5.11 Å². The second-order valence-corrected chi connectivity index (χ2v) is 4.72. The Bertz CT molecular complexity index is 687. The molecule has 0 saturated heterocycles. The van der Waals surface area contributed by atoms with E-state index in [0.29, 0.717) is 22.6 Å². The van der Waals surface area contributed by atoms with Crippen molar-refractivity contribution in [3.8, 4) is 0 Å². The molecule has 0 unspecified atom stereocenters. The first-order chi connectivity index (χ1) is 9.88. The van der Waals surface area contributed by atoms with Crippen LogP contribution in [0.15, 0.2) is 18.2 Å². The maximum absolute atomic E-state index is 11.9. The van der Waals surface area contributed by atoms with E-state index >= 15 is 0 Å². The van der Waals surface area contributed by atoms with Crippen molar-refractivity contribution in [1.82, 2.24) is 10.2 Å². The van der Waals surface area contributed by atoms with Gasteiger partial charge in [-0.05, 0) is 38.5 Å². The van der Waals surface area contributed by atoms with Gasteiger partial charge in [-0.1, -0.05) is 6.07 Å². The van der Waals surface area contributed by atoms with Crippen molar-refractivity contribution >= 4 is 23.4 Å². The highest BCUT2D eigenvalue weighted by molar-refractivity contribution is 6.01. The number of aromatic amines is 1. The van der Waals surface area contributed by atoms with Gasteiger partial charge < -0.3 is 15.7 Å². The number of rotatable bonds is 3. The molecular formula is C14H16N4O3. The van der Waals surface area contributed by atoms with Crippen molar-refractivity contribution in [2.75, 3.05) is 10.6 Å². The molecule has 2 aromatic rings. The zero-order chi connectivity index (χ0) is 15.6. The van der Waals surface area contributed by atoms with Crippen molar-refractivity contribution in [3.05, 3.63) is 40.7 Å². The second kappa shape index (κ2) is 5.66. The van der Waals surface area contributed by atoms with Crippen LogP contribution in [-0.2, 0) is 0 Å². The summed E-state index contributed by atoms with van der Waals surface area (Å²) in [6.07, 6.45) is 0. The SMILES string of the molecule is Cc1ccc(NC(=O)Nc2c(C)n[nH]c2C)cc1C(=O)O. The number of H-pyrrole nitrogens is 1. The molecule has 4 N–H and O–H groups in total. The number of nitrogens with one attached hydrogen (secondary N) is 3. The van der Waals surface area contributed by atoms with E-state index in [1.807, 2.05) is 0 Å². The van der Waals surface area contributed by atoms with Gasteiger partial charge in [0.15, 0.2) is 0 Å². The number of aromatic carboxylic acids is 1. The van der Waals surface area contributed by atoms with Gasteiger partial charge in [-0.2, -0.15) is 5.10 Å². The summed E-state index contributed by atoms with van der Waals surface area (Å²) in [6.45, 7) is 5.27. The van der Waals surface area contributed by atoms with Crippen LogP contribution >= 0.6 is 0 Å². The standard InChI is InChI=1S/C14H16N4O3/c1-7-4-5-10(6-11(7)13(19)20)15-14(21)16-12-8(2)17-18-9(12)3/h4-6H,1-3H3,(H,17,18)(H,19,20)(H2,15,16,21). The maximum atomic E-state index is 11.9. The minimum Gasteiger partial charge on any atom is -0.478 e. The predicted molar refractivity (Wildman–Crippen MR) is 78.8 cm³/mol. The van der Waals surface area contributed by atoms with E-state index in [-0.39, 0.29) is 5.56 Å². The summed E-state index contributed by atoms with van der Waals surface area (Å²) >= 11 is 0. The Labute approximate surface area is 121 Å². The van der Waals surface area contributed by atoms with Gasteiger partial charge in [0.1, 0.15) is 0 Å². The highest BCUT2D eigenvalue weighted by atomic mass is 16.4. The van der Waals surface area contributed by atoms with Gasteiger partial charge in [0, 0.05) is 5.69 Å². The maximum Gasteiger partial charge on any atom is 0.336 e. The highest BCUT2D eigenvalue weighted by Gasteiger charge is 2.12. The predicted octanol–water partition coefficient (Wildman–Crippen LogP) is 2.68. The number of aromatic nitrogens is 2. The number of nitrogens with zero attached hydrogens (tertiary/aromatic N) is 1. The Hall–Kier alpha value is -2.83. The number of carbonyl (C=O) groups excluding carboxylic acids is 1. The molecule has 0 spiro atoms. The first kappa shape index (κ1) is 14.6. The van der Waals surface area contributed by atoms with Crippen molar-refractivity contribution in [2.45, 2.75) is 20.8 Å². The number of carboxylic acid groups (broad SMARTS) is 1. The Balaban J connectivity index is 2.13.